The van der Waals surface area contributed by atoms with E-state index in [1.165, 1.54) is 0 Å². The Morgan fingerprint density at radius 2 is 2.04 bits per heavy atom. The number of aromatic nitrogens is 1. The zero-order valence-corrected chi connectivity index (χ0v) is 12.9. The molecule has 0 saturated carbocycles. The van der Waals surface area contributed by atoms with Crippen LogP contribution in [0.1, 0.15) is 37.1 Å². The quantitative estimate of drug-likeness (QED) is 0.944. The maximum Gasteiger partial charge on any atom is 0.229 e. The van der Waals surface area contributed by atoms with Gasteiger partial charge in [-0.25, -0.2) is 0 Å². The van der Waals surface area contributed by atoms with E-state index in [1.807, 2.05) is 29.2 Å². The molecule has 2 aliphatic rings. The number of rotatable bonds is 3. The molecule has 5 nitrogen and oxygen atoms in total. The van der Waals surface area contributed by atoms with Crippen LogP contribution in [0, 0.1) is 0 Å². The SMILES string of the molecule is O=C(Cc1ccccn1)N1C2CCC1CC(O)(c1ccco1)C2. The number of carbonyl (C=O) groups excluding carboxylic acids is 1. The molecule has 4 heterocycles. The van der Waals surface area contributed by atoms with Crippen LogP contribution in [0.25, 0.3) is 0 Å². The summed E-state index contributed by atoms with van der Waals surface area (Å²) in [6.07, 6.45) is 6.61. The first-order valence-electron chi connectivity index (χ1n) is 8.13. The van der Waals surface area contributed by atoms with Crippen LogP contribution in [-0.2, 0) is 16.8 Å². The smallest absolute Gasteiger partial charge is 0.229 e. The molecule has 120 valence electrons. The minimum Gasteiger partial charge on any atom is -0.466 e. The van der Waals surface area contributed by atoms with Crippen LogP contribution in [0.5, 0.6) is 0 Å². The molecule has 2 unspecified atom stereocenters. The van der Waals surface area contributed by atoms with Gasteiger partial charge in [0.2, 0.25) is 5.91 Å². The van der Waals surface area contributed by atoms with Gasteiger partial charge < -0.3 is 14.4 Å². The highest BCUT2D eigenvalue weighted by molar-refractivity contribution is 5.79. The standard InChI is InChI=1S/C18H20N2O3/c21-17(10-13-4-1-2-8-19-13)20-14-6-7-15(20)12-18(22,11-14)16-5-3-9-23-16/h1-5,8-9,14-15,22H,6-7,10-12H2. The Morgan fingerprint density at radius 1 is 1.26 bits per heavy atom. The molecule has 2 aromatic heterocycles. The molecule has 5 heteroatoms. The summed E-state index contributed by atoms with van der Waals surface area (Å²) in [5, 5.41) is 11.0. The van der Waals surface area contributed by atoms with Crippen molar-refractivity contribution in [2.45, 2.75) is 49.8 Å². The van der Waals surface area contributed by atoms with Gasteiger partial charge in [-0.2, -0.15) is 0 Å². The van der Waals surface area contributed by atoms with Crippen molar-refractivity contribution in [3.63, 3.8) is 0 Å². The highest BCUT2D eigenvalue weighted by Crippen LogP contribution is 2.45. The largest absolute Gasteiger partial charge is 0.466 e. The Kier molecular flexibility index (Phi) is 3.45. The van der Waals surface area contributed by atoms with Crippen LogP contribution in [0.2, 0.25) is 0 Å². The maximum absolute atomic E-state index is 12.7. The van der Waals surface area contributed by atoms with E-state index in [2.05, 4.69) is 4.98 Å². The van der Waals surface area contributed by atoms with Gasteiger partial charge in [-0.15, -0.1) is 0 Å². The number of piperidine rings is 1. The van der Waals surface area contributed by atoms with Crippen molar-refractivity contribution in [2.24, 2.45) is 0 Å². The van der Waals surface area contributed by atoms with Gasteiger partial charge in [0.1, 0.15) is 11.4 Å². The lowest BCUT2D eigenvalue weighted by Crippen LogP contribution is -2.52. The van der Waals surface area contributed by atoms with Gasteiger partial charge in [0, 0.05) is 36.8 Å². The molecule has 2 aromatic rings. The number of pyridine rings is 1. The van der Waals surface area contributed by atoms with Crippen LogP contribution >= 0.6 is 0 Å². The number of hydrogen-bond donors (Lipinski definition) is 1. The number of aliphatic hydroxyl groups is 1. The summed E-state index contributed by atoms with van der Waals surface area (Å²) in [4.78, 5) is 18.9. The molecule has 0 radical (unpaired) electrons. The van der Waals surface area contributed by atoms with Gasteiger partial charge in [-0.1, -0.05) is 6.07 Å². The molecule has 4 rings (SSSR count). The second kappa shape index (κ2) is 5.49. The van der Waals surface area contributed by atoms with Crippen molar-refractivity contribution >= 4 is 5.91 Å². The highest BCUT2D eigenvalue weighted by atomic mass is 16.4. The highest BCUT2D eigenvalue weighted by Gasteiger charge is 2.51. The average Bonchev–Trinajstić information content (AvgIpc) is 3.16. The lowest BCUT2D eigenvalue weighted by molar-refractivity contribution is -0.142. The van der Waals surface area contributed by atoms with Gasteiger partial charge in [0.05, 0.1) is 12.7 Å². The first-order chi connectivity index (χ1) is 11.2. The molecular formula is C18H20N2O3. The molecule has 2 saturated heterocycles. The predicted molar refractivity (Wildman–Crippen MR) is 83.4 cm³/mol. The van der Waals surface area contributed by atoms with Gasteiger partial charge >= 0.3 is 0 Å². The zero-order chi connectivity index (χ0) is 15.9. The van der Waals surface area contributed by atoms with E-state index in [0.717, 1.165) is 18.5 Å². The molecule has 2 fully saturated rings. The molecule has 2 aliphatic heterocycles. The monoisotopic (exact) mass is 312 g/mol. The lowest BCUT2D eigenvalue weighted by atomic mass is 9.84. The van der Waals surface area contributed by atoms with Crippen LogP contribution in [-0.4, -0.2) is 33.0 Å². The van der Waals surface area contributed by atoms with Crippen molar-refractivity contribution in [3.8, 4) is 0 Å². The topological polar surface area (TPSA) is 66.6 Å². The Hall–Kier alpha value is -2.14. The maximum atomic E-state index is 12.7. The molecule has 2 atom stereocenters. The normalized spacial score (nSPS) is 29.7. The van der Waals surface area contributed by atoms with E-state index in [9.17, 15) is 9.90 Å². The summed E-state index contributed by atoms with van der Waals surface area (Å²) in [5.41, 5.74) is -0.152. The van der Waals surface area contributed by atoms with E-state index in [-0.39, 0.29) is 18.0 Å². The Morgan fingerprint density at radius 3 is 2.65 bits per heavy atom. The number of fused-ring (bicyclic) bond motifs is 2. The molecule has 2 bridgehead atoms. The van der Waals surface area contributed by atoms with E-state index in [0.29, 0.717) is 25.0 Å². The first kappa shape index (κ1) is 14.5. The first-order valence-corrected chi connectivity index (χ1v) is 8.13. The number of hydrogen-bond acceptors (Lipinski definition) is 4. The average molecular weight is 312 g/mol. The summed E-state index contributed by atoms with van der Waals surface area (Å²) >= 11 is 0. The van der Waals surface area contributed by atoms with E-state index in [4.69, 9.17) is 4.42 Å². The van der Waals surface area contributed by atoms with Crippen molar-refractivity contribution in [1.82, 2.24) is 9.88 Å². The fourth-order valence-electron chi connectivity index (χ4n) is 4.13. The fraction of sp³-hybridized carbons (Fsp3) is 0.444. The van der Waals surface area contributed by atoms with E-state index in [1.54, 1.807) is 18.5 Å². The molecule has 0 spiro atoms. The number of furan rings is 1. The second-order valence-electron chi connectivity index (χ2n) is 6.60. The van der Waals surface area contributed by atoms with Gasteiger partial charge in [-0.05, 0) is 37.1 Å². The Labute approximate surface area is 134 Å². The second-order valence-corrected chi connectivity index (χ2v) is 6.60. The van der Waals surface area contributed by atoms with Crippen LogP contribution in [0.15, 0.2) is 47.2 Å². The van der Waals surface area contributed by atoms with Crippen molar-refractivity contribution in [2.75, 3.05) is 0 Å². The Bertz CT molecular complexity index is 670. The predicted octanol–water partition coefficient (Wildman–Crippen LogP) is 2.26. The summed E-state index contributed by atoms with van der Waals surface area (Å²) in [7, 11) is 0. The molecule has 23 heavy (non-hydrogen) atoms. The van der Waals surface area contributed by atoms with Crippen molar-refractivity contribution in [1.29, 1.82) is 0 Å². The van der Waals surface area contributed by atoms with Crippen molar-refractivity contribution < 1.29 is 14.3 Å². The third-order valence-corrected chi connectivity index (χ3v) is 5.09. The molecule has 1 N–H and O–H groups in total. The van der Waals surface area contributed by atoms with Crippen LogP contribution in [0.3, 0.4) is 0 Å². The number of amides is 1. The summed E-state index contributed by atoms with van der Waals surface area (Å²) < 4.78 is 5.43. The van der Waals surface area contributed by atoms with Gasteiger partial charge in [-0.3, -0.25) is 9.78 Å². The van der Waals surface area contributed by atoms with Gasteiger partial charge in [0.25, 0.3) is 0 Å². The summed E-state index contributed by atoms with van der Waals surface area (Å²) in [6, 6.07) is 9.42. The van der Waals surface area contributed by atoms with Crippen molar-refractivity contribution in [3.05, 3.63) is 54.2 Å². The number of carbonyl (C=O) groups is 1. The third-order valence-electron chi connectivity index (χ3n) is 5.09. The van der Waals surface area contributed by atoms with E-state index < -0.39 is 5.60 Å². The molecule has 0 aromatic carbocycles. The van der Waals surface area contributed by atoms with Crippen LogP contribution < -0.4 is 0 Å². The van der Waals surface area contributed by atoms with E-state index >= 15 is 0 Å². The van der Waals surface area contributed by atoms with Gasteiger partial charge in [0.15, 0.2) is 0 Å². The molecule has 0 aliphatic carbocycles. The molecule has 1 amide bonds. The molecular weight excluding hydrogens is 292 g/mol. The summed E-state index contributed by atoms with van der Waals surface area (Å²) in [5.74, 6) is 0.726. The van der Waals surface area contributed by atoms with Crippen LogP contribution in [0.4, 0.5) is 0 Å². The minimum absolute atomic E-state index is 0.0834. The third kappa shape index (κ3) is 2.55. The summed E-state index contributed by atoms with van der Waals surface area (Å²) in [6.45, 7) is 0. The Balaban J connectivity index is 1.51. The lowest BCUT2D eigenvalue weighted by Gasteiger charge is -2.42. The number of nitrogens with zero attached hydrogens (tertiary/aromatic N) is 2. The minimum atomic E-state index is -0.947. The zero-order valence-electron chi connectivity index (χ0n) is 12.9. The fourth-order valence-corrected chi connectivity index (χ4v) is 4.13.